The fraction of sp³-hybridized carbons (Fsp3) is 0.136. The molecule has 1 aliphatic rings. The summed E-state index contributed by atoms with van der Waals surface area (Å²) in [6.07, 6.45) is 1.70. The summed E-state index contributed by atoms with van der Waals surface area (Å²) in [4.78, 5) is 6.04. The number of nitrogens with zero attached hydrogens (tertiary/aromatic N) is 2. The fourth-order valence-electron chi connectivity index (χ4n) is 3.26. The monoisotopic (exact) mass is 370 g/mol. The molecule has 0 saturated heterocycles. The second kappa shape index (κ2) is 6.58. The second-order valence-corrected chi connectivity index (χ2v) is 7.37. The normalized spacial score (nSPS) is 13.2. The van der Waals surface area contributed by atoms with Gasteiger partial charge < -0.3 is 11.1 Å². The Morgan fingerprint density at radius 1 is 1.04 bits per heavy atom. The third-order valence-corrected chi connectivity index (χ3v) is 4.81. The Labute approximate surface area is 164 Å². The number of para-hydroxylation sites is 1. The minimum Gasteiger partial charge on any atom is -0.338 e. The molecule has 0 amide bonds. The van der Waals surface area contributed by atoms with E-state index >= 15 is 0 Å². The number of anilines is 3. The van der Waals surface area contributed by atoms with Crippen LogP contribution in [0.2, 0.25) is 0 Å². The molecule has 2 heterocycles. The van der Waals surface area contributed by atoms with Crippen molar-refractivity contribution in [3.63, 3.8) is 0 Å². The first-order chi connectivity index (χ1) is 13.4. The van der Waals surface area contributed by atoms with E-state index in [-0.39, 0.29) is 11.7 Å². The van der Waals surface area contributed by atoms with Crippen LogP contribution in [0, 0.1) is 10.8 Å². The third-order valence-electron chi connectivity index (χ3n) is 4.81. The largest absolute Gasteiger partial charge is 0.338 e. The van der Waals surface area contributed by atoms with E-state index in [0.717, 1.165) is 11.3 Å². The van der Waals surface area contributed by atoms with Crippen LogP contribution in [0.3, 0.4) is 0 Å². The number of aromatic nitrogens is 1. The van der Waals surface area contributed by atoms with E-state index < -0.39 is 5.54 Å². The average Bonchev–Trinajstić information content (AvgIpc) is 2.81. The highest BCUT2D eigenvalue weighted by molar-refractivity contribution is 6.30. The maximum absolute atomic E-state index is 8.85. The fourth-order valence-corrected chi connectivity index (χ4v) is 3.26. The van der Waals surface area contributed by atoms with Crippen molar-refractivity contribution in [2.75, 3.05) is 10.2 Å². The summed E-state index contributed by atoms with van der Waals surface area (Å²) >= 11 is 0. The van der Waals surface area contributed by atoms with Gasteiger partial charge in [-0.3, -0.25) is 15.7 Å². The molecule has 6 nitrogen and oxygen atoms in total. The van der Waals surface area contributed by atoms with Gasteiger partial charge in [0, 0.05) is 22.9 Å². The summed E-state index contributed by atoms with van der Waals surface area (Å²) in [5.41, 5.74) is 9.58. The minimum absolute atomic E-state index is 0.208. The number of hydrogen-bond acceptors (Lipinski definition) is 5. The zero-order valence-electron chi connectivity index (χ0n) is 15.8. The lowest BCUT2D eigenvalue weighted by Gasteiger charge is -2.26. The van der Waals surface area contributed by atoms with Crippen LogP contribution in [0.5, 0.6) is 0 Å². The quantitative estimate of drug-likeness (QED) is 0.401. The van der Waals surface area contributed by atoms with Crippen LogP contribution in [0.15, 0.2) is 66.9 Å². The average molecular weight is 370 g/mol. The van der Waals surface area contributed by atoms with E-state index in [0.29, 0.717) is 22.6 Å². The van der Waals surface area contributed by atoms with Crippen LogP contribution >= 0.6 is 0 Å². The summed E-state index contributed by atoms with van der Waals surface area (Å²) in [6.45, 7) is 3.89. The molecule has 5 N–H and O–H groups in total. The van der Waals surface area contributed by atoms with Crippen molar-refractivity contribution < 1.29 is 0 Å². The van der Waals surface area contributed by atoms with E-state index in [1.807, 2.05) is 74.5 Å². The van der Waals surface area contributed by atoms with Gasteiger partial charge in [0.15, 0.2) is 5.82 Å². The Morgan fingerprint density at radius 2 is 1.75 bits per heavy atom. The van der Waals surface area contributed by atoms with Crippen LogP contribution in [-0.2, 0) is 5.54 Å². The summed E-state index contributed by atoms with van der Waals surface area (Å²) in [7, 11) is 0. The Morgan fingerprint density at radius 3 is 2.46 bits per heavy atom. The van der Waals surface area contributed by atoms with E-state index in [9.17, 15) is 0 Å². The van der Waals surface area contributed by atoms with Gasteiger partial charge in [-0.15, -0.1) is 0 Å². The lowest BCUT2D eigenvalue weighted by Crippen LogP contribution is -2.37. The predicted octanol–water partition coefficient (Wildman–Crippen LogP) is 4.19. The van der Waals surface area contributed by atoms with Gasteiger partial charge in [-0.2, -0.15) is 0 Å². The first kappa shape index (κ1) is 17.9. The van der Waals surface area contributed by atoms with Gasteiger partial charge in [-0.1, -0.05) is 36.4 Å². The van der Waals surface area contributed by atoms with Gasteiger partial charge in [0.1, 0.15) is 11.7 Å². The van der Waals surface area contributed by atoms with Gasteiger partial charge in [0.05, 0.1) is 11.4 Å². The summed E-state index contributed by atoms with van der Waals surface area (Å²) in [6, 6.07) is 18.9. The first-order valence-corrected chi connectivity index (χ1v) is 9.05. The van der Waals surface area contributed by atoms with Crippen LogP contribution in [0.1, 0.15) is 30.5 Å². The molecule has 0 fully saturated rings. The van der Waals surface area contributed by atoms with Crippen molar-refractivity contribution >= 4 is 28.9 Å². The lowest BCUT2D eigenvalue weighted by molar-refractivity contribution is 0.554. The molecule has 4 rings (SSSR count). The molecule has 3 aromatic rings. The molecule has 0 radical (unpaired) electrons. The standard InChI is InChI=1S/C22H22N6/c1-22(2,25)15-11-9-14(10-12-15)19(23)28-18-8-5-13-26-21(18)27-17-7-4-3-6-16(17)20(28)24/h3-13,23-24H,25H2,1-2H3,(H,26,27). The minimum atomic E-state index is -0.449. The molecule has 1 aliphatic heterocycles. The number of hydrogen-bond donors (Lipinski definition) is 4. The number of amidine groups is 2. The lowest BCUT2D eigenvalue weighted by atomic mass is 9.94. The van der Waals surface area contributed by atoms with Crippen LogP contribution in [-0.4, -0.2) is 16.7 Å². The van der Waals surface area contributed by atoms with Gasteiger partial charge in [-0.05, 0) is 43.7 Å². The number of nitrogens with two attached hydrogens (primary N) is 1. The molecular formula is C22H22N6. The van der Waals surface area contributed by atoms with Crippen molar-refractivity contribution in [3.8, 4) is 0 Å². The van der Waals surface area contributed by atoms with Crippen LogP contribution in [0.25, 0.3) is 0 Å². The van der Waals surface area contributed by atoms with Gasteiger partial charge >= 0.3 is 0 Å². The van der Waals surface area contributed by atoms with Crippen molar-refractivity contribution in [3.05, 3.63) is 83.6 Å². The zero-order chi connectivity index (χ0) is 19.9. The first-order valence-electron chi connectivity index (χ1n) is 9.05. The highest BCUT2D eigenvalue weighted by Gasteiger charge is 2.28. The number of nitrogens with one attached hydrogen (secondary N) is 3. The van der Waals surface area contributed by atoms with E-state index in [2.05, 4.69) is 10.3 Å². The molecule has 0 bridgehead atoms. The van der Waals surface area contributed by atoms with Gasteiger partial charge in [0.25, 0.3) is 0 Å². The topological polar surface area (TPSA) is 102 Å². The van der Waals surface area contributed by atoms with Crippen LogP contribution in [0.4, 0.5) is 17.2 Å². The zero-order valence-corrected chi connectivity index (χ0v) is 15.8. The van der Waals surface area contributed by atoms with E-state index in [1.54, 1.807) is 11.1 Å². The number of benzene rings is 2. The van der Waals surface area contributed by atoms with Crippen molar-refractivity contribution in [2.24, 2.45) is 5.73 Å². The maximum atomic E-state index is 8.85. The van der Waals surface area contributed by atoms with Gasteiger partial charge in [0.2, 0.25) is 0 Å². The molecule has 0 atom stereocenters. The van der Waals surface area contributed by atoms with Crippen molar-refractivity contribution in [2.45, 2.75) is 19.4 Å². The van der Waals surface area contributed by atoms with Gasteiger partial charge in [-0.25, -0.2) is 4.98 Å². The van der Waals surface area contributed by atoms with E-state index in [1.165, 1.54) is 0 Å². The summed E-state index contributed by atoms with van der Waals surface area (Å²) in [5, 5.41) is 21.0. The Balaban J connectivity index is 1.81. The highest BCUT2D eigenvalue weighted by Crippen LogP contribution is 2.34. The Hall–Kier alpha value is -3.51. The third kappa shape index (κ3) is 3.04. The molecule has 0 spiro atoms. The number of rotatable bonds is 2. The SMILES string of the molecule is CC(C)(N)c1ccc(C(=N)N2C(=N)c3ccccc3Nc3ncccc32)cc1. The Bertz CT molecular complexity index is 1060. The Kier molecular flexibility index (Phi) is 4.20. The molecule has 6 heteroatoms. The molecular weight excluding hydrogens is 348 g/mol. The summed E-state index contributed by atoms with van der Waals surface area (Å²) in [5.74, 6) is 1.05. The number of pyridine rings is 1. The predicted molar refractivity (Wildman–Crippen MR) is 114 cm³/mol. The molecule has 0 unspecified atom stereocenters. The second-order valence-electron chi connectivity index (χ2n) is 7.37. The maximum Gasteiger partial charge on any atom is 0.154 e. The number of fused-ring (bicyclic) bond motifs is 2. The van der Waals surface area contributed by atoms with E-state index in [4.69, 9.17) is 16.6 Å². The highest BCUT2D eigenvalue weighted by atomic mass is 15.2. The van der Waals surface area contributed by atoms with Crippen LogP contribution < -0.4 is 16.0 Å². The molecule has 28 heavy (non-hydrogen) atoms. The molecule has 1 aromatic heterocycles. The van der Waals surface area contributed by atoms with Crippen molar-refractivity contribution in [1.29, 1.82) is 10.8 Å². The summed E-state index contributed by atoms with van der Waals surface area (Å²) < 4.78 is 0. The molecule has 0 saturated carbocycles. The molecule has 0 aliphatic carbocycles. The molecule has 140 valence electrons. The molecule has 2 aromatic carbocycles. The van der Waals surface area contributed by atoms with Crippen molar-refractivity contribution in [1.82, 2.24) is 4.98 Å². The smallest absolute Gasteiger partial charge is 0.154 e.